The fourth-order valence-corrected chi connectivity index (χ4v) is 3.91. The summed E-state index contributed by atoms with van der Waals surface area (Å²) in [5.41, 5.74) is 4.34. The molecule has 1 unspecified atom stereocenters. The second-order valence-electron chi connectivity index (χ2n) is 7.81. The van der Waals surface area contributed by atoms with Gasteiger partial charge in [0.2, 0.25) is 0 Å². The van der Waals surface area contributed by atoms with Gasteiger partial charge in [-0.25, -0.2) is 0 Å². The van der Waals surface area contributed by atoms with E-state index < -0.39 is 0 Å². The molecule has 1 aliphatic rings. The topological polar surface area (TPSA) is 39.3 Å². The van der Waals surface area contributed by atoms with Crippen molar-refractivity contribution >= 4 is 10.8 Å². The number of rotatable bonds is 3. The minimum absolute atomic E-state index is 0.0262. The minimum atomic E-state index is -0.0262. The van der Waals surface area contributed by atoms with E-state index >= 15 is 0 Å². The van der Waals surface area contributed by atoms with E-state index in [9.17, 15) is 4.79 Å². The van der Waals surface area contributed by atoms with Crippen LogP contribution in [0.5, 0.6) is 0 Å². The van der Waals surface area contributed by atoms with E-state index in [2.05, 4.69) is 59.1 Å². The number of hydrogen-bond donors (Lipinski definition) is 1. The predicted molar refractivity (Wildman–Crippen MR) is 112 cm³/mol. The van der Waals surface area contributed by atoms with E-state index in [1.807, 2.05) is 25.1 Å². The second kappa shape index (κ2) is 7.29. The van der Waals surface area contributed by atoms with Gasteiger partial charge in [0.25, 0.3) is 5.56 Å². The van der Waals surface area contributed by atoms with Crippen LogP contribution in [-0.4, -0.2) is 47.5 Å². The number of likely N-dealkylation sites (N-methyl/N-ethyl adjacent to an activating group) is 1. The van der Waals surface area contributed by atoms with Crippen LogP contribution in [-0.2, 0) is 6.54 Å². The third-order valence-corrected chi connectivity index (χ3v) is 5.82. The van der Waals surface area contributed by atoms with Crippen LogP contribution in [0, 0.1) is 6.92 Å². The van der Waals surface area contributed by atoms with Gasteiger partial charge >= 0.3 is 0 Å². The molecule has 0 amide bonds. The van der Waals surface area contributed by atoms with Crippen LogP contribution in [0.15, 0.2) is 53.3 Å². The number of piperazine rings is 1. The standard InChI is InChI=1S/C23H27N3O/c1-16-5-4-6-20-21(16)13-22(24-23(20)27)19-9-7-18(8-10-19)15-26-12-11-25(3)17(2)14-26/h4-10,13,17H,11-12,14-15H2,1-3H3,(H,24,27). The fraction of sp³-hybridized carbons (Fsp3) is 0.348. The van der Waals surface area contributed by atoms with Gasteiger partial charge < -0.3 is 9.88 Å². The Hall–Kier alpha value is -2.43. The molecule has 0 saturated carbocycles. The van der Waals surface area contributed by atoms with E-state index in [-0.39, 0.29) is 5.56 Å². The monoisotopic (exact) mass is 361 g/mol. The summed E-state index contributed by atoms with van der Waals surface area (Å²) in [5.74, 6) is 0. The van der Waals surface area contributed by atoms with Crippen molar-refractivity contribution in [2.45, 2.75) is 26.4 Å². The Morgan fingerprint density at radius 1 is 1.07 bits per heavy atom. The Morgan fingerprint density at radius 2 is 1.85 bits per heavy atom. The quantitative estimate of drug-likeness (QED) is 0.774. The number of H-pyrrole nitrogens is 1. The van der Waals surface area contributed by atoms with Crippen molar-refractivity contribution in [3.05, 3.63) is 70.0 Å². The summed E-state index contributed by atoms with van der Waals surface area (Å²) in [5, 5.41) is 1.77. The normalized spacial score (nSPS) is 18.9. The molecule has 140 valence electrons. The largest absolute Gasteiger partial charge is 0.321 e. The maximum atomic E-state index is 12.4. The van der Waals surface area contributed by atoms with E-state index in [0.717, 1.165) is 53.8 Å². The van der Waals surface area contributed by atoms with Crippen LogP contribution in [0.3, 0.4) is 0 Å². The first kappa shape index (κ1) is 18.0. The van der Waals surface area contributed by atoms with E-state index in [1.54, 1.807) is 0 Å². The highest BCUT2D eigenvalue weighted by Gasteiger charge is 2.20. The first-order valence-electron chi connectivity index (χ1n) is 9.66. The van der Waals surface area contributed by atoms with Gasteiger partial charge in [-0.05, 0) is 55.1 Å². The van der Waals surface area contributed by atoms with Crippen LogP contribution in [0.25, 0.3) is 22.0 Å². The molecule has 0 bridgehead atoms. The molecule has 1 saturated heterocycles. The molecule has 0 aliphatic carbocycles. The summed E-state index contributed by atoms with van der Waals surface area (Å²) >= 11 is 0. The summed E-state index contributed by atoms with van der Waals surface area (Å²) in [6.45, 7) is 8.65. The molecule has 4 heteroatoms. The molecule has 3 aromatic rings. The molecular weight excluding hydrogens is 334 g/mol. The summed E-state index contributed by atoms with van der Waals surface area (Å²) in [6, 6.07) is 17.1. The zero-order valence-corrected chi connectivity index (χ0v) is 16.3. The van der Waals surface area contributed by atoms with Crippen LogP contribution < -0.4 is 5.56 Å². The highest BCUT2D eigenvalue weighted by molar-refractivity contribution is 5.87. The molecule has 4 rings (SSSR count). The number of benzene rings is 2. The third-order valence-electron chi connectivity index (χ3n) is 5.82. The Labute approximate surface area is 160 Å². The van der Waals surface area contributed by atoms with Crippen molar-refractivity contribution < 1.29 is 0 Å². The number of aromatic nitrogens is 1. The van der Waals surface area contributed by atoms with Crippen LogP contribution >= 0.6 is 0 Å². The SMILES string of the molecule is Cc1cccc2c(=O)[nH]c(-c3ccc(CN4CCN(C)C(C)C4)cc3)cc12. The Balaban J connectivity index is 1.57. The average Bonchev–Trinajstić information content (AvgIpc) is 2.66. The summed E-state index contributed by atoms with van der Waals surface area (Å²) in [7, 11) is 2.20. The number of fused-ring (bicyclic) bond motifs is 1. The molecule has 0 radical (unpaired) electrons. The van der Waals surface area contributed by atoms with Crippen molar-refractivity contribution in [1.29, 1.82) is 0 Å². The lowest BCUT2D eigenvalue weighted by molar-refractivity contribution is 0.1000. The van der Waals surface area contributed by atoms with Gasteiger partial charge in [0.15, 0.2) is 0 Å². The fourth-order valence-electron chi connectivity index (χ4n) is 3.91. The van der Waals surface area contributed by atoms with Crippen molar-refractivity contribution in [2.24, 2.45) is 0 Å². The Bertz CT molecular complexity index is 1010. The molecule has 1 aromatic heterocycles. The maximum Gasteiger partial charge on any atom is 0.256 e. The van der Waals surface area contributed by atoms with E-state index in [1.165, 1.54) is 5.56 Å². The molecule has 1 atom stereocenters. The number of hydrogen-bond acceptors (Lipinski definition) is 3. The highest BCUT2D eigenvalue weighted by atomic mass is 16.1. The van der Waals surface area contributed by atoms with Gasteiger partial charge in [-0.2, -0.15) is 0 Å². The summed E-state index contributed by atoms with van der Waals surface area (Å²) in [4.78, 5) is 20.4. The highest BCUT2D eigenvalue weighted by Crippen LogP contribution is 2.23. The second-order valence-corrected chi connectivity index (χ2v) is 7.81. The lowest BCUT2D eigenvalue weighted by Gasteiger charge is -2.37. The number of aryl methyl sites for hydroxylation is 1. The Kier molecular flexibility index (Phi) is 4.85. The number of aromatic amines is 1. The van der Waals surface area contributed by atoms with Crippen molar-refractivity contribution in [3.8, 4) is 11.3 Å². The van der Waals surface area contributed by atoms with Crippen molar-refractivity contribution in [1.82, 2.24) is 14.8 Å². The van der Waals surface area contributed by atoms with Gasteiger partial charge in [-0.15, -0.1) is 0 Å². The lowest BCUT2D eigenvalue weighted by atomic mass is 10.0. The number of pyridine rings is 1. The molecular formula is C23H27N3O. The minimum Gasteiger partial charge on any atom is -0.321 e. The maximum absolute atomic E-state index is 12.4. The molecule has 0 spiro atoms. The zero-order chi connectivity index (χ0) is 19.0. The van der Waals surface area contributed by atoms with Crippen molar-refractivity contribution in [2.75, 3.05) is 26.7 Å². The predicted octanol–water partition coefficient (Wildman–Crippen LogP) is 3.64. The van der Waals surface area contributed by atoms with Gasteiger partial charge in [-0.3, -0.25) is 9.69 Å². The molecule has 1 N–H and O–H groups in total. The molecule has 1 aliphatic heterocycles. The van der Waals surface area contributed by atoms with Gasteiger partial charge in [-0.1, -0.05) is 36.4 Å². The smallest absolute Gasteiger partial charge is 0.256 e. The molecule has 4 nitrogen and oxygen atoms in total. The van der Waals surface area contributed by atoms with Gasteiger partial charge in [0, 0.05) is 43.3 Å². The first-order chi connectivity index (χ1) is 13.0. The molecule has 1 fully saturated rings. The molecule has 27 heavy (non-hydrogen) atoms. The molecule has 2 aromatic carbocycles. The van der Waals surface area contributed by atoms with E-state index in [4.69, 9.17) is 0 Å². The van der Waals surface area contributed by atoms with Crippen LogP contribution in [0.2, 0.25) is 0 Å². The number of nitrogens with one attached hydrogen (secondary N) is 1. The lowest BCUT2D eigenvalue weighted by Crippen LogP contribution is -2.49. The van der Waals surface area contributed by atoms with E-state index in [0.29, 0.717) is 6.04 Å². The Morgan fingerprint density at radius 3 is 2.59 bits per heavy atom. The number of nitrogens with zero attached hydrogens (tertiary/aromatic N) is 2. The summed E-state index contributed by atoms with van der Waals surface area (Å²) in [6.07, 6.45) is 0. The van der Waals surface area contributed by atoms with Crippen LogP contribution in [0.1, 0.15) is 18.1 Å². The molecule has 2 heterocycles. The van der Waals surface area contributed by atoms with Gasteiger partial charge in [0.1, 0.15) is 0 Å². The first-order valence-corrected chi connectivity index (χ1v) is 9.66. The van der Waals surface area contributed by atoms with Crippen LogP contribution in [0.4, 0.5) is 0 Å². The average molecular weight is 361 g/mol. The summed E-state index contributed by atoms with van der Waals surface area (Å²) < 4.78 is 0. The van der Waals surface area contributed by atoms with Gasteiger partial charge in [0.05, 0.1) is 0 Å². The van der Waals surface area contributed by atoms with Crippen molar-refractivity contribution in [3.63, 3.8) is 0 Å². The zero-order valence-electron chi connectivity index (χ0n) is 16.3. The third kappa shape index (κ3) is 3.68.